The predicted octanol–water partition coefficient (Wildman–Crippen LogP) is 3.19. The number of hydrogen-bond donors (Lipinski definition) is 0. The van der Waals surface area contributed by atoms with Crippen molar-refractivity contribution in [2.45, 2.75) is 52.9 Å². The summed E-state index contributed by atoms with van der Waals surface area (Å²) >= 11 is 0. The van der Waals surface area contributed by atoms with E-state index in [0.717, 1.165) is 39.1 Å². The molecule has 3 heterocycles. The summed E-state index contributed by atoms with van der Waals surface area (Å²) in [5, 5.41) is 0. The fraction of sp³-hybridized carbons (Fsp3) is 0.875. The van der Waals surface area contributed by atoms with E-state index in [1.54, 1.807) is 0 Å². The maximum absolute atomic E-state index is 5.91. The molecule has 0 N–H and O–H groups in total. The molecule has 3 aliphatic heterocycles. The highest BCUT2D eigenvalue weighted by Crippen LogP contribution is 2.49. The van der Waals surface area contributed by atoms with Gasteiger partial charge in [-0.2, -0.15) is 0 Å². The van der Waals surface area contributed by atoms with E-state index >= 15 is 0 Å². The summed E-state index contributed by atoms with van der Waals surface area (Å²) in [5.41, 5.74) is 0.110. The van der Waals surface area contributed by atoms with Gasteiger partial charge in [-0.05, 0) is 18.3 Å². The third-order valence-corrected chi connectivity index (χ3v) is 4.70. The fourth-order valence-electron chi connectivity index (χ4n) is 2.57. The van der Waals surface area contributed by atoms with E-state index in [9.17, 15) is 0 Å². The van der Waals surface area contributed by atoms with Crippen LogP contribution in [0.3, 0.4) is 0 Å². The normalized spacial score (nSPS) is 35.9. The molecule has 1 unspecified atom stereocenters. The molecular weight excluding hydrogens is 240 g/mol. The molecule has 3 nitrogen and oxygen atoms in total. The van der Waals surface area contributed by atoms with Crippen LogP contribution in [0.25, 0.3) is 0 Å². The van der Waals surface area contributed by atoms with E-state index in [0.29, 0.717) is 5.92 Å². The maximum Gasteiger partial charge on any atom is 0.282 e. The molecule has 0 aromatic carbocycles. The van der Waals surface area contributed by atoms with Crippen LogP contribution in [-0.2, 0) is 14.2 Å². The van der Waals surface area contributed by atoms with Gasteiger partial charge in [-0.15, -0.1) is 12.3 Å². The van der Waals surface area contributed by atoms with Crippen molar-refractivity contribution in [3.8, 4) is 12.3 Å². The minimum absolute atomic E-state index is 0.0130. The van der Waals surface area contributed by atoms with Crippen molar-refractivity contribution in [1.82, 2.24) is 0 Å². The zero-order valence-corrected chi connectivity index (χ0v) is 12.6. The van der Waals surface area contributed by atoms with E-state index in [1.807, 2.05) is 0 Å². The molecule has 0 aromatic heterocycles. The largest absolute Gasteiger partial charge is 0.327 e. The fourth-order valence-corrected chi connectivity index (χ4v) is 2.57. The molecule has 0 amide bonds. The average Bonchev–Trinajstić information content (AvgIpc) is 2.39. The Kier molecular flexibility index (Phi) is 3.97. The summed E-state index contributed by atoms with van der Waals surface area (Å²) in [5.74, 6) is 2.25. The van der Waals surface area contributed by atoms with Crippen molar-refractivity contribution < 1.29 is 14.2 Å². The van der Waals surface area contributed by atoms with Crippen LogP contribution in [0, 0.1) is 29.1 Å². The SMILES string of the molecule is C#CC(C)CCCC12OCC(C(C)(C)C)(CO1)CO2. The quantitative estimate of drug-likeness (QED) is 0.731. The first kappa shape index (κ1) is 14.8. The monoisotopic (exact) mass is 266 g/mol. The lowest BCUT2D eigenvalue weighted by Crippen LogP contribution is -2.64. The van der Waals surface area contributed by atoms with Crippen molar-refractivity contribution in [2.24, 2.45) is 16.7 Å². The van der Waals surface area contributed by atoms with Crippen LogP contribution in [0.4, 0.5) is 0 Å². The van der Waals surface area contributed by atoms with Gasteiger partial charge in [0.15, 0.2) is 0 Å². The number of hydrogen-bond acceptors (Lipinski definition) is 3. The zero-order chi connectivity index (χ0) is 14.1. The topological polar surface area (TPSA) is 27.7 Å². The molecule has 1 atom stereocenters. The predicted molar refractivity (Wildman–Crippen MR) is 74.3 cm³/mol. The van der Waals surface area contributed by atoms with Crippen LogP contribution >= 0.6 is 0 Å². The van der Waals surface area contributed by atoms with E-state index in [-0.39, 0.29) is 10.8 Å². The Balaban J connectivity index is 1.89. The molecule has 19 heavy (non-hydrogen) atoms. The molecule has 2 bridgehead atoms. The minimum Gasteiger partial charge on any atom is -0.327 e. The second-order valence-electron chi connectivity index (χ2n) is 7.04. The summed E-state index contributed by atoms with van der Waals surface area (Å²) in [7, 11) is 0. The third kappa shape index (κ3) is 2.81. The van der Waals surface area contributed by atoms with Crippen LogP contribution in [0.1, 0.15) is 47.0 Å². The van der Waals surface area contributed by atoms with Gasteiger partial charge in [-0.25, -0.2) is 0 Å². The highest BCUT2D eigenvalue weighted by molar-refractivity contribution is 4.96. The summed E-state index contributed by atoms with van der Waals surface area (Å²) in [6, 6.07) is 0. The molecule has 3 rings (SSSR count). The van der Waals surface area contributed by atoms with Gasteiger partial charge in [0.2, 0.25) is 0 Å². The van der Waals surface area contributed by atoms with Gasteiger partial charge in [0, 0.05) is 17.8 Å². The molecule has 0 saturated carbocycles. The third-order valence-electron chi connectivity index (χ3n) is 4.70. The van der Waals surface area contributed by atoms with Crippen LogP contribution in [-0.4, -0.2) is 25.8 Å². The van der Waals surface area contributed by atoms with Crippen LogP contribution < -0.4 is 0 Å². The van der Waals surface area contributed by atoms with Crippen molar-refractivity contribution >= 4 is 0 Å². The lowest BCUT2D eigenvalue weighted by molar-refractivity contribution is -0.480. The summed E-state index contributed by atoms with van der Waals surface area (Å²) in [4.78, 5) is 0. The average molecular weight is 266 g/mol. The number of terminal acetylenes is 1. The van der Waals surface area contributed by atoms with E-state index < -0.39 is 5.97 Å². The Bertz CT molecular complexity index is 337. The first-order chi connectivity index (χ1) is 8.83. The lowest BCUT2D eigenvalue weighted by Gasteiger charge is -2.57. The van der Waals surface area contributed by atoms with Crippen LogP contribution in [0.5, 0.6) is 0 Å². The summed E-state index contributed by atoms with van der Waals surface area (Å²) in [6.45, 7) is 10.9. The standard InChI is InChI=1S/C16H26O3/c1-6-13(2)8-7-9-16-17-10-15(11-18-16,12-19-16)14(3,4)5/h1,13H,7-12H2,2-5H3. The van der Waals surface area contributed by atoms with Gasteiger partial charge in [0.1, 0.15) is 0 Å². The van der Waals surface area contributed by atoms with Crippen molar-refractivity contribution in [3.63, 3.8) is 0 Å². The summed E-state index contributed by atoms with van der Waals surface area (Å²) < 4.78 is 17.7. The molecular formula is C16H26O3. The number of fused-ring (bicyclic) bond motifs is 3. The molecule has 3 fully saturated rings. The van der Waals surface area contributed by atoms with Gasteiger partial charge in [-0.1, -0.05) is 27.7 Å². The maximum atomic E-state index is 5.91. The molecule has 0 radical (unpaired) electrons. The number of ether oxygens (including phenoxy) is 3. The van der Waals surface area contributed by atoms with E-state index in [4.69, 9.17) is 20.6 Å². The zero-order valence-electron chi connectivity index (χ0n) is 12.6. The van der Waals surface area contributed by atoms with Crippen LogP contribution in [0.2, 0.25) is 0 Å². The molecule has 108 valence electrons. The Hall–Kier alpha value is -0.560. The second kappa shape index (κ2) is 5.09. The number of rotatable bonds is 4. The van der Waals surface area contributed by atoms with Gasteiger partial charge in [0.05, 0.1) is 19.8 Å². The van der Waals surface area contributed by atoms with Gasteiger partial charge in [0.25, 0.3) is 5.97 Å². The molecule has 0 aliphatic carbocycles. The molecule has 3 saturated heterocycles. The summed E-state index contributed by atoms with van der Waals surface area (Å²) in [6.07, 6.45) is 8.10. The Labute approximate surface area is 117 Å². The van der Waals surface area contributed by atoms with Gasteiger partial charge < -0.3 is 14.2 Å². The first-order valence-electron chi connectivity index (χ1n) is 7.21. The van der Waals surface area contributed by atoms with Crippen molar-refractivity contribution in [1.29, 1.82) is 0 Å². The smallest absolute Gasteiger partial charge is 0.282 e. The van der Waals surface area contributed by atoms with Crippen molar-refractivity contribution in [3.05, 3.63) is 0 Å². The van der Waals surface area contributed by atoms with Crippen LogP contribution in [0.15, 0.2) is 0 Å². The van der Waals surface area contributed by atoms with E-state index in [1.165, 1.54) is 0 Å². The Morgan fingerprint density at radius 3 is 2.11 bits per heavy atom. The van der Waals surface area contributed by atoms with Crippen molar-refractivity contribution in [2.75, 3.05) is 19.8 Å². The molecule has 3 aliphatic rings. The van der Waals surface area contributed by atoms with E-state index in [2.05, 4.69) is 33.6 Å². The van der Waals surface area contributed by atoms with Gasteiger partial charge in [-0.3, -0.25) is 0 Å². The molecule has 3 heteroatoms. The Morgan fingerprint density at radius 1 is 1.16 bits per heavy atom. The first-order valence-corrected chi connectivity index (χ1v) is 7.21. The highest BCUT2D eigenvalue weighted by Gasteiger charge is 2.56. The molecule has 0 spiro atoms. The minimum atomic E-state index is -0.804. The highest BCUT2D eigenvalue weighted by atomic mass is 16.9. The lowest BCUT2D eigenvalue weighted by atomic mass is 9.67. The molecule has 0 aromatic rings. The second-order valence-corrected chi connectivity index (χ2v) is 7.04. The van der Waals surface area contributed by atoms with Gasteiger partial charge >= 0.3 is 0 Å². The Morgan fingerprint density at radius 2 is 1.68 bits per heavy atom.